The molecule has 1 aliphatic rings. The number of carbonyl (C=O) groups is 1. The van der Waals surface area contributed by atoms with Gasteiger partial charge in [0.1, 0.15) is 6.61 Å². The molecule has 1 heterocycles. The minimum absolute atomic E-state index is 0.0531. The lowest BCUT2D eigenvalue weighted by atomic mass is 10.1. The van der Waals surface area contributed by atoms with E-state index in [4.69, 9.17) is 9.47 Å². The monoisotopic (exact) mass is 520 g/mol. The van der Waals surface area contributed by atoms with E-state index in [1.54, 1.807) is 49.6 Å². The second-order valence-corrected chi connectivity index (χ2v) is 10.3. The summed E-state index contributed by atoms with van der Waals surface area (Å²) in [5.41, 5.74) is 1.72. The van der Waals surface area contributed by atoms with Crippen molar-refractivity contribution in [3.63, 3.8) is 0 Å². The molecule has 7 nitrogen and oxygen atoms in total. The first-order valence-electron chi connectivity index (χ1n) is 11.0. The number of nitrogens with zero attached hydrogens (tertiary/aromatic N) is 2. The number of amidine groups is 1. The molecule has 0 saturated carbocycles. The average Bonchev–Trinajstić information content (AvgIpc) is 3.17. The molecule has 0 unspecified atom stereocenters. The molecule has 1 amide bonds. The molecular weight excluding hydrogens is 496 g/mol. The fourth-order valence-electron chi connectivity index (χ4n) is 3.39. The van der Waals surface area contributed by atoms with E-state index in [1.807, 2.05) is 30.3 Å². The molecule has 0 radical (unpaired) electrons. The van der Waals surface area contributed by atoms with Crippen LogP contribution in [-0.2, 0) is 21.4 Å². The quantitative estimate of drug-likeness (QED) is 0.288. The molecule has 0 spiro atoms. The number of benzene rings is 3. The van der Waals surface area contributed by atoms with Crippen molar-refractivity contribution in [2.75, 3.05) is 13.7 Å². The first-order chi connectivity index (χ1) is 17.4. The Labute approximate surface area is 214 Å². The first kappa shape index (κ1) is 25.3. The highest BCUT2D eigenvalue weighted by molar-refractivity contribution is 8.19. The third kappa shape index (κ3) is 5.87. The van der Waals surface area contributed by atoms with Crippen LogP contribution in [0.4, 0.5) is 0 Å². The number of hydrogen-bond donors (Lipinski definition) is 0. The van der Waals surface area contributed by atoms with E-state index in [0.29, 0.717) is 28.6 Å². The summed E-state index contributed by atoms with van der Waals surface area (Å²) >= 11 is 0.997. The van der Waals surface area contributed by atoms with Crippen LogP contribution in [0.2, 0.25) is 0 Å². The molecule has 4 rings (SSSR count). The van der Waals surface area contributed by atoms with Crippen molar-refractivity contribution in [2.45, 2.75) is 11.5 Å². The highest BCUT2D eigenvalue weighted by Gasteiger charge is 2.34. The number of hydrogen-bond acceptors (Lipinski definition) is 6. The molecule has 0 aliphatic carbocycles. The summed E-state index contributed by atoms with van der Waals surface area (Å²) in [5, 5.41) is 0.0739. The van der Waals surface area contributed by atoms with Crippen LogP contribution in [-0.4, -0.2) is 38.0 Å². The number of methoxy groups -OCH3 is 1. The lowest BCUT2D eigenvalue weighted by Gasteiger charge is -2.12. The Kier molecular flexibility index (Phi) is 7.92. The van der Waals surface area contributed by atoms with Gasteiger partial charge in [-0.1, -0.05) is 60.7 Å². The summed E-state index contributed by atoms with van der Waals surface area (Å²) in [7, 11) is -2.44. The van der Waals surface area contributed by atoms with E-state index in [1.165, 1.54) is 23.1 Å². The van der Waals surface area contributed by atoms with Crippen LogP contribution in [0, 0.1) is 0 Å². The number of thioether (sulfide) groups is 1. The van der Waals surface area contributed by atoms with Crippen LogP contribution in [0.5, 0.6) is 11.5 Å². The fraction of sp³-hybridized carbons (Fsp3) is 0.111. The molecule has 0 N–H and O–H groups in total. The Hall–Kier alpha value is -3.82. The Morgan fingerprint density at radius 3 is 2.36 bits per heavy atom. The van der Waals surface area contributed by atoms with Gasteiger partial charge in [0, 0.05) is 6.54 Å². The van der Waals surface area contributed by atoms with Gasteiger partial charge >= 0.3 is 0 Å². The maximum atomic E-state index is 13.1. The number of rotatable bonds is 9. The molecule has 0 atom stereocenters. The number of carbonyl (C=O) groups excluding carboxylic acids is 1. The molecule has 1 saturated heterocycles. The lowest BCUT2D eigenvalue weighted by Crippen LogP contribution is -2.29. The molecule has 184 valence electrons. The Balaban J connectivity index is 1.59. The summed E-state index contributed by atoms with van der Waals surface area (Å²) in [6.07, 6.45) is 3.19. The molecule has 1 fully saturated rings. The van der Waals surface area contributed by atoms with Crippen molar-refractivity contribution >= 4 is 38.9 Å². The van der Waals surface area contributed by atoms with E-state index >= 15 is 0 Å². The van der Waals surface area contributed by atoms with E-state index in [9.17, 15) is 13.2 Å². The molecule has 0 bridgehead atoms. The predicted molar refractivity (Wildman–Crippen MR) is 142 cm³/mol. The first-order valence-corrected chi connectivity index (χ1v) is 13.2. The van der Waals surface area contributed by atoms with Crippen LogP contribution in [0.25, 0.3) is 6.08 Å². The predicted octanol–water partition coefficient (Wildman–Crippen LogP) is 5.12. The van der Waals surface area contributed by atoms with Crippen LogP contribution < -0.4 is 9.47 Å². The van der Waals surface area contributed by atoms with Crippen molar-refractivity contribution in [3.8, 4) is 11.5 Å². The molecule has 1 aliphatic heterocycles. The van der Waals surface area contributed by atoms with E-state index in [0.717, 1.165) is 17.3 Å². The van der Waals surface area contributed by atoms with Gasteiger partial charge in [-0.05, 0) is 53.2 Å². The second-order valence-electron chi connectivity index (χ2n) is 7.66. The van der Waals surface area contributed by atoms with Gasteiger partial charge in [0.05, 0.1) is 16.9 Å². The highest BCUT2D eigenvalue weighted by Crippen LogP contribution is 2.35. The molecule has 0 aromatic heterocycles. The Morgan fingerprint density at radius 1 is 1.00 bits per heavy atom. The molecular formula is C27H24N2O5S2. The van der Waals surface area contributed by atoms with Gasteiger partial charge in [-0.15, -0.1) is 11.0 Å². The SMILES string of the molecule is C=CCN1C(=O)/C(=C/c2ccc(OCc3ccccc3)c(OC)c2)S/C1=N/S(=O)(=O)c1ccccc1. The summed E-state index contributed by atoms with van der Waals surface area (Å²) in [6.45, 7) is 4.18. The molecule has 3 aromatic rings. The fourth-order valence-corrected chi connectivity index (χ4v) is 5.61. The van der Waals surface area contributed by atoms with Gasteiger partial charge in [-0.2, -0.15) is 8.42 Å². The van der Waals surface area contributed by atoms with Gasteiger partial charge in [-0.3, -0.25) is 9.69 Å². The van der Waals surface area contributed by atoms with Gasteiger partial charge < -0.3 is 9.47 Å². The third-order valence-corrected chi connectivity index (χ3v) is 7.57. The molecule has 9 heteroatoms. The molecule has 36 heavy (non-hydrogen) atoms. The zero-order chi connectivity index (χ0) is 25.5. The van der Waals surface area contributed by atoms with Crippen LogP contribution >= 0.6 is 11.8 Å². The minimum atomic E-state index is -3.99. The Bertz CT molecular complexity index is 1420. The lowest BCUT2D eigenvalue weighted by molar-refractivity contribution is -0.121. The zero-order valence-corrected chi connectivity index (χ0v) is 21.2. The van der Waals surface area contributed by atoms with E-state index in [-0.39, 0.29) is 22.5 Å². The second kappa shape index (κ2) is 11.3. The maximum Gasteiger partial charge on any atom is 0.284 e. The van der Waals surface area contributed by atoms with Gasteiger partial charge in [-0.25, -0.2) is 0 Å². The van der Waals surface area contributed by atoms with Crippen molar-refractivity contribution in [3.05, 3.63) is 108 Å². The number of ether oxygens (including phenoxy) is 2. The summed E-state index contributed by atoms with van der Waals surface area (Å²) in [5.74, 6) is 0.725. The van der Waals surface area contributed by atoms with Crippen LogP contribution in [0.1, 0.15) is 11.1 Å². The molecule has 3 aromatic carbocycles. The third-order valence-electron chi connectivity index (χ3n) is 5.16. The zero-order valence-electron chi connectivity index (χ0n) is 19.5. The van der Waals surface area contributed by atoms with Gasteiger partial charge in [0.25, 0.3) is 15.9 Å². The Morgan fingerprint density at radius 2 is 1.69 bits per heavy atom. The largest absolute Gasteiger partial charge is 0.493 e. The standard InChI is InChI=1S/C27H24N2O5S2/c1-3-16-29-26(30)25(35-27(29)28-36(31,32)22-12-8-5-9-13-22)18-21-14-15-23(24(17-21)33-2)34-19-20-10-6-4-7-11-20/h3-15,17-18H,1,16,19H2,2H3/b25-18-,28-27+. The summed E-state index contributed by atoms with van der Waals surface area (Å²) in [6, 6.07) is 23.0. The van der Waals surface area contributed by atoms with Crippen molar-refractivity contribution < 1.29 is 22.7 Å². The topological polar surface area (TPSA) is 85.3 Å². The van der Waals surface area contributed by atoms with Crippen LogP contribution in [0.15, 0.2) is 106 Å². The average molecular weight is 521 g/mol. The summed E-state index contributed by atoms with van der Waals surface area (Å²) in [4.78, 5) is 14.7. The van der Waals surface area contributed by atoms with E-state index in [2.05, 4.69) is 11.0 Å². The number of sulfonamides is 1. The van der Waals surface area contributed by atoms with Crippen molar-refractivity contribution in [1.29, 1.82) is 0 Å². The highest BCUT2D eigenvalue weighted by atomic mass is 32.2. The van der Waals surface area contributed by atoms with Gasteiger partial charge in [0.2, 0.25) is 0 Å². The van der Waals surface area contributed by atoms with Crippen LogP contribution in [0.3, 0.4) is 0 Å². The van der Waals surface area contributed by atoms with Gasteiger partial charge in [0.15, 0.2) is 16.7 Å². The summed E-state index contributed by atoms with van der Waals surface area (Å²) < 4.78 is 40.9. The minimum Gasteiger partial charge on any atom is -0.493 e. The van der Waals surface area contributed by atoms with Crippen molar-refractivity contribution in [1.82, 2.24) is 4.90 Å². The smallest absolute Gasteiger partial charge is 0.284 e. The van der Waals surface area contributed by atoms with Crippen molar-refractivity contribution in [2.24, 2.45) is 4.40 Å². The normalized spacial score (nSPS) is 15.9. The van der Waals surface area contributed by atoms with E-state index < -0.39 is 10.0 Å². The maximum absolute atomic E-state index is 13.1. The number of amides is 1.